The number of allylic oxidation sites excluding steroid dienone is 4. The van der Waals surface area contributed by atoms with Gasteiger partial charge in [-0.3, -0.25) is 0 Å². The lowest BCUT2D eigenvalue weighted by Crippen LogP contribution is -1.97. The van der Waals surface area contributed by atoms with E-state index in [9.17, 15) is 4.79 Å². The minimum atomic E-state index is -0.893. The molecule has 0 saturated heterocycles. The van der Waals surface area contributed by atoms with Crippen molar-refractivity contribution >= 4 is 5.97 Å². The van der Waals surface area contributed by atoms with Crippen LogP contribution >= 0.6 is 0 Å². The highest BCUT2D eigenvalue weighted by Crippen LogP contribution is 2.13. The lowest BCUT2D eigenvalue weighted by molar-refractivity contribution is -0.132. The molecule has 2 heteroatoms. The van der Waals surface area contributed by atoms with Gasteiger partial charge in [0.1, 0.15) is 0 Å². The van der Waals surface area contributed by atoms with Gasteiger partial charge in [-0.15, -0.1) is 0 Å². The topological polar surface area (TPSA) is 37.3 Å². The van der Waals surface area contributed by atoms with Crippen molar-refractivity contribution in [1.29, 1.82) is 0 Å². The molecule has 0 spiro atoms. The molecule has 2 nitrogen and oxygen atoms in total. The van der Waals surface area contributed by atoms with Gasteiger partial charge in [-0.05, 0) is 46.5 Å². The molecule has 0 atom stereocenters. The largest absolute Gasteiger partial charge is 0.478 e. The number of carbonyl (C=O) groups is 1. The molecule has 1 N–H and O–H groups in total. The molecule has 90 valence electrons. The van der Waals surface area contributed by atoms with Gasteiger partial charge in [0.15, 0.2) is 0 Å². The van der Waals surface area contributed by atoms with Gasteiger partial charge in [-0.1, -0.05) is 29.9 Å². The van der Waals surface area contributed by atoms with Gasteiger partial charge in [0, 0.05) is 5.57 Å². The van der Waals surface area contributed by atoms with Crippen LogP contribution in [0, 0.1) is 0 Å². The van der Waals surface area contributed by atoms with Crippen LogP contribution in [-0.4, -0.2) is 11.1 Å². The van der Waals surface area contributed by atoms with Crippen molar-refractivity contribution in [2.75, 3.05) is 0 Å². The molecule has 0 aliphatic heterocycles. The van der Waals surface area contributed by atoms with Crippen molar-refractivity contribution in [2.45, 2.75) is 46.5 Å². The predicted octanol–water partition coefficient (Wildman–Crippen LogP) is 4.10. The van der Waals surface area contributed by atoms with Crippen LogP contribution in [0.3, 0.4) is 0 Å². The molecule has 0 rings (SSSR count). The van der Waals surface area contributed by atoms with Crippen LogP contribution in [0.15, 0.2) is 35.5 Å². The normalized spacial score (nSPS) is 12.7. The lowest BCUT2D eigenvalue weighted by Gasteiger charge is -2.02. The first-order chi connectivity index (χ1) is 7.47. The summed E-state index contributed by atoms with van der Waals surface area (Å²) in [5.41, 5.74) is 3.00. The highest BCUT2D eigenvalue weighted by atomic mass is 16.4. The summed E-state index contributed by atoms with van der Waals surface area (Å²) in [5.74, 6) is -0.893. The Morgan fingerprint density at radius 3 is 2.25 bits per heavy atom. The van der Waals surface area contributed by atoms with E-state index >= 15 is 0 Å². The Morgan fingerprint density at radius 1 is 1.19 bits per heavy atom. The first kappa shape index (κ1) is 14.7. The van der Waals surface area contributed by atoms with Gasteiger partial charge < -0.3 is 5.11 Å². The van der Waals surface area contributed by atoms with Crippen LogP contribution in [0.5, 0.6) is 0 Å². The molecule has 0 aromatic carbocycles. The average Bonchev–Trinajstić information content (AvgIpc) is 2.25. The van der Waals surface area contributed by atoms with Gasteiger partial charge in [-0.2, -0.15) is 0 Å². The molecule has 0 fully saturated rings. The summed E-state index contributed by atoms with van der Waals surface area (Å²) in [4.78, 5) is 10.5. The Kier molecular flexibility index (Phi) is 7.27. The average molecular weight is 222 g/mol. The number of hydrogen-bond acceptors (Lipinski definition) is 1. The quantitative estimate of drug-likeness (QED) is 0.520. The molecule has 0 aromatic rings. The first-order valence-corrected chi connectivity index (χ1v) is 5.65. The third-order valence-corrected chi connectivity index (χ3v) is 2.65. The van der Waals surface area contributed by atoms with E-state index in [-0.39, 0.29) is 5.57 Å². The van der Waals surface area contributed by atoms with E-state index in [0.29, 0.717) is 6.42 Å². The fraction of sp³-hybridized carbons (Fsp3) is 0.500. The maximum absolute atomic E-state index is 10.5. The minimum absolute atomic E-state index is 0.286. The molecule has 0 radical (unpaired) electrons. The molecule has 0 saturated carbocycles. The van der Waals surface area contributed by atoms with Crippen LogP contribution in [0.1, 0.15) is 46.5 Å². The summed E-state index contributed by atoms with van der Waals surface area (Å²) in [5, 5.41) is 8.63. The highest BCUT2D eigenvalue weighted by molar-refractivity contribution is 5.85. The first-order valence-electron chi connectivity index (χ1n) is 5.65. The summed E-state index contributed by atoms with van der Waals surface area (Å²) < 4.78 is 0. The van der Waals surface area contributed by atoms with Crippen molar-refractivity contribution in [1.82, 2.24) is 0 Å². The fourth-order valence-corrected chi connectivity index (χ4v) is 1.24. The highest BCUT2D eigenvalue weighted by Gasteiger charge is 2.01. The second-order valence-corrected chi connectivity index (χ2v) is 4.13. The number of rotatable bonds is 7. The predicted molar refractivity (Wildman–Crippen MR) is 68.4 cm³/mol. The van der Waals surface area contributed by atoms with E-state index in [2.05, 4.69) is 32.6 Å². The molecule has 0 aliphatic carbocycles. The van der Waals surface area contributed by atoms with Crippen molar-refractivity contribution in [3.8, 4) is 0 Å². The zero-order valence-corrected chi connectivity index (χ0v) is 10.5. The molecule has 0 amide bonds. The Balaban J connectivity index is 3.88. The Labute approximate surface area is 98.4 Å². The van der Waals surface area contributed by atoms with Crippen molar-refractivity contribution in [3.05, 3.63) is 35.5 Å². The zero-order chi connectivity index (χ0) is 12.6. The molecule has 0 aromatic heterocycles. The summed E-state index contributed by atoms with van der Waals surface area (Å²) in [6.07, 6.45) is 7.67. The SMILES string of the molecule is C=C(CC/C=C(\C)CC/C(C)=C/C)C(=O)O. The zero-order valence-electron chi connectivity index (χ0n) is 10.5. The minimum Gasteiger partial charge on any atom is -0.478 e. The van der Waals surface area contributed by atoms with E-state index in [1.807, 2.05) is 6.92 Å². The number of carboxylic acid groups (broad SMARTS) is 1. The van der Waals surface area contributed by atoms with Gasteiger partial charge in [-0.25, -0.2) is 4.79 Å². The maximum Gasteiger partial charge on any atom is 0.330 e. The van der Waals surface area contributed by atoms with Crippen LogP contribution in [0.4, 0.5) is 0 Å². The van der Waals surface area contributed by atoms with Crippen LogP contribution in [0.25, 0.3) is 0 Å². The molecule has 0 unspecified atom stereocenters. The maximum atomic E-state index is 10.5. The van der Waals surface area contributed by atoms with E-state index < -0.39 is 5.97 Å². The standard InChI is InChI=1S/C14H22O2/c1-5-11(2)9-10-12(3)7-6-8-13(4)14(15)16/h5,7H,4,6,8-10H2,1-3H3,(H,15,16)/b11-5+,12-7+. The van der Waals surface area contributed by atoms with Crippen LogP contribution < -0.4 is 0 Å². The van der Waals surface area contributed by atoms with Crippen molar-refractivity contribution in [3.63, 3.8) is 0 Å². The molecular formula is C14H22O2. The van der Waals surface area contributed by atoms with Crippen molar-refractivity contribution in [2.24, 2.45) is 0 Å². The number of aliphatic carboxylic acids is 1. The fourth-order valence-electron chi connectivity index (χ4n) is 1.24. The molecule has 0 bridgehead atoms. The molecule has 0 heterocycles. The summed E-state index contributed by atoms with van der Waals surface area (Å²) in [7, 11) is 0. The summed E-state index contributed by atoms with van der Waals surface area (Å²) in [6, 6.07) is 0. The smallest absolute Gasteiger partial charge is 0.330 e. The van der Waals surface area contributed by atoms with Gasteiger partial charge >= 0.3 is 5.97 Å². The van der Waals surface area contributed by atoms with Crippen molar-refractivity contribution < 1.29 is 9.90 Å². The number of hydrogen-bond donors (Lipinski definition) is 1. The monoisotopic (exact) mass is 222 g/mol. The Morgan fingerprint density at radius 2 is 1.75 bits per heavy atom. The molecular weight excluding hydrogens is 200 g/mol. The summed E-state index contributed by atoms with van der Waals surface area (Å²) in [6.45, 7) is 9.76. The van der Waals surface area contributed by atoms with Crippen LogP contribution in [-0.2, 0) is 4.79 Å². The van der Waals surface area contributed by atoms with E-state index in [4.69, 9.17) is 5.11 Å². The molecule has 0 aliphatic rings. The number of carboxylic acids is 1. The third-order valence-electron chi connectivity index (χ3n) is 2.65. The Hall–Kier alpha value is -1.31. The van der Waals surface area contributed by atoms with E-state index in [1.165, 1.54) is 11.1 Å². The van der Waals surface area contributed by atoms with E-state index in [1.54, 1.807) is 0 Å². The van der Waals surface area contributed by atoms with Gasteiger partial charge in [0.05, 0.1) is 0 Å². The molecule has 16 heavy (non-hydrogen) atoms. The van der Waals surface area contributed by atoms with Gasteiger partial charge in [0.2, 0.25) is 0 Å². The second-order valence-electron chi connectivity index (χ2n) is 4.13. The van der Waals surface area contributed by atoms with Gasteiger partial charge in [0.25, 0.3) is 0 Å². The summed E-state index contributed by atoms with van der Waals surface area (Å²) >= 11 is 0. The van der Waals surface area contributed by atoms with E-state index in [0.717, 1.165) is 19.3 Å². The Bertz CT molecular complexity index is 309. The second kappa shape index (κ2) is 7.91. The lowest BCUT2D eigenvalue weighted by atomic mass is 10.0. The van der Waals surface area contributed by atoms with Crippen LogP contribution in [0.2, 0.25) is 0 Å². The third kappa shape index (κ3) is 7.04.